The second-order valence-electron chi connectivity index (χ2n) is 3.97. The number of carbonyl (C=O) groups excluding carboxylic acids is 1. The van der Waals surface area contributed by atoms with E-state index in [1.54, 1.807) is 6.20 Å². The molecule has 0 saturated carbocycles. The molecule has 3 nitrogen and oxygen atoms in total. The van der Waals surface area contributed by atoms with Crippen molar-refractivity contribution in [2.24, 2.45) is 5.92 Å². The van der Waals surface area contributed by atoms with Gasteiger partial charge in [0.1, 0.15) is 5.78 Å². The molecule has 1 aromatic heterocycles. The molecule has 1 aliphatic rings. The Hall–Kier alpha value is -1.22. The summed E-state index contributed by atoms with van der Waals surface area (Å²) in [5.74, 6) is 0.699. The quantitative estimate of drug-likeness (QED) is 0.749. The monoisotopic (exact) mass is 205 g/mol. The number of rotatable bonds is 4. The summed E-state index contributed by atoms with van der Waals surface area (Å²) in [5, 5.41) is 0. The topological polar surface area (TPSA) is 39.2 Å². The molecule has 0 radical (unpaired) electrons. The van der Waals surface area contributed by atoms with Gasteiger partial charge in [-0.3, -0.25) is 9.78 Å². The highest BCUT2D eigenvalue weighted by molar-refractivity contribution is 5.80. The van der Waals surface area contributed by atoms with Crippen molar-refractivity contribution in [3.63, 3.8) is 0 Å². The van der Waals surface area contributed by atoms with Crippen molar-refractivity contribution < 1.29 is 9.53 Å². The number of hydrogen-bond acceptors (Lipinski definition) is 3. The van der Waals surface area contributed by atoms with Gasteiger partial charge in [-0.15, -0.1) is 0 Å². The second kappa shape index (κ2) is 5.03. The highest BCUT2D eigenvalue weighted by atomic mass is 16.5. The van der Waals surface area contributed by atoms with Crippen LogP contribution in [0.4, 0.5) is 0 Å². The molecule has 0 aromatic carbocycles. The molecule has 0 bridgehead atoms. The predicted octanol–water partition coefficient (Wildman–Crippen LogP) is 1.62. The number of ether oxygens (including phenoxy) is 1. The molecule has 2 rings (SSSR count). The Morgan fingerprint density at radius 2 is 2.47 bits per heavy atom. The van der Waals surface area contributed by atoms with E-state index in [2.05, 4.69) is 4.98 Å². The first-order valence-electron chi connectivity index (χ1n) is 5.34. The maximum atomic E-state index is 11.7. The van der Waals surface area contributed by atoms with Crippen molar-refractivity contribution >= 4 is 5.78 Å². The first-order chi connectivity index (χ1) is 7.34. The van der Waals surface area contributed by atoms with Gasteiger partial charge in [0.25, 0.3) is 0 Å². The maximum Gasteiger partial charge on any atom is 0.139 e. The maximum absolute atomic E-state index is 11.7. The summed E-state index contributed by atoms with van der Waals surface area (Å²) in [6, 6.07) is 5.66. The van der Waals surface area contributed by atoms with Crippen molar-refractivity contribution in [3.05, 3.63) is 30.1 Å². The van der Waals surface area contributed by atoms with Gasteiger partial charge in [-0.1, -0.05) is 6.07 Å². The largest absolute Gasteiger partial charge is 0.381 e. The summed E-state index contributed by atoms with van der Waals surface area (Å²) >= 11 is 0. The summed E-state index contributed by atoms with van der Waals surface area (Å²) in [7, 11) is 0. The predicted molar refractivity (Wildman–Crippen MR) is 56.5 cm³/mol. The highest BCUT2D eigenvalue weighted by Crippen LogP contribution is 2.17. The van der Waals surface area contributed by atoms with Gasteiger partial charge in [-0.25, -0.2) is 0 Å². The number of nitrogens with zero attached hydrogens (tertiary/aromatic N) is 1. The molecule has 0 N–H and O–H groups in total. The van der Waals surface area contributed by atoms with E-state index in [4.69, 9.17) is 4.74 Å². The molecule has 0 aliphatic carbocycles. The first-order valence-corrected chi connectivity index (χ1v) is 5.34. The molecule has 1 aromatic rings. The minimum Gasteiger partial charge on any atom is -0.381 e. The molecule has 1 unspecified atom stereocenters. The normalized spacial score (nSPS) is 20.4. The van der Waals surface area contributed by atoms with Gasteiger partial charge in [0, 0.05) is 37.9 Å². The number of Topliss-reactive ketones (excluding diaryl/α,β-unsaturated/α-hetero) is 1. The Bertz CT molecular complexity index is 318. The average Bonchev–Trinajstić information content (AvgIpc) is 2.71. The molecule has 80 valence electrons. The Kier molecular flexibility index (Phi) is 3.45. The summed E-state index contributed by atoms with van der Waals surface area (Å²) in [5.41, 5.74) is 0.862. The summed E-state index contributed by atoms with van der Waals surface area (Å²) in [6.07, 6.45) is 3.84. The third kappa shape index (κ3) is 3.13. The van der Waals surface area contributed by atoms with Gasteiger partial charge >= 0.3 is 0 Å². The van der Waals surface area contributed by atoms with E-state index in [1.165, 1.54) is 0 Å². The van der Waals surface area contributed by atoms with E-state index in [-0.39, 0.29) is 5.78 Å². The van der Waals surface area contributed by atoms with Crippen LogP contribution in [-0.4, -0.2) is 24.0 Å². The van der Waals surface area contributed by atoms with Crippen LogP contribution in [0.2, 0.25) is 0 Å². The van der Waals surface area contributed by atoms with Crippen molar-refractivity contribution in [2.75, 3.05) is 13.2 Å². The lowest BCUT2D eigenvalue weighted by Crippen LogP contribution is -2.11. The number of aromatic nitrogens is 1. The summed E-state index contributed by atoms with van der Waals surface area (Å²) in [4.78, 5) is 15.8. The lowest BCUT2D eigenvalue weighted by Gasteiger charge is -2.05. The zero-order valence-electron chi connectivity index (χ0n) is 8.69. The SMILES string of the molecule is O=C(Cc1ccccn1)CC1CCOC1. The standard InChI is InChI=1S/C12H15NO2/c14-12(7-10-4-6-15-9-10)8-11-3-1-2-5-13-11/h1-3,5,10H,4,6-9H2. The molecule has 0 amide bonds. The number of ketones is 1. The molecular formula is C12H15NO2. The van der Waals surface area contributed by atoms with Gasteiger partial charge in [0.05, 0.1) is 0 Å². The van der Waals surface area contributed by atoms with Crippen molar-refractivity contribution in [1.82, 2.24) is 4.98 Å². The molecule has 3 heteroatoms. The molecule has 15 heavy (non-hydrogen) atoms. The van der Waals surface area contributed by atoms with Crippen LogP contribution in [0.25, 0.3) is 0 Å². The van der Waals surface area contributed by atoms with Crippen LogP contribution in [-0.2, 0) is 16.0 Å². The van der Waals surface area contributed by atoms with E-state index in [1.807, 2.05) is 18.2 Å². The lowest BCUT2D eigenvalue weighted by molar-refractivity contribution is -0.119. The van der Waals surface area contributed by atoms with Crippen LogP contribution in [0, 0.1) is 5.92 Å². The molecule has 1 aliphatic heterocycles. The fraction of sp³-hybridized carbons (Fsp3) is 0.500. The molecular weight excluding hydrogens is 190 g/mol. The van der Waals surface area contributed by atoms with Gasteiger partial charge in [0.15, 0.2) is 0 Å². The van der Waals surface area contributed by atoms with Crippen LogP contribution in [0.15, 0.2) is 24.4 Å². The van der Waals surface area contributed by atoms with E-state index in [9.17, 15) is 4.79 Å². The summed E-state index contributed by atoms with van der Waals surface area (Å²) < 4.78 is 5.24. The van der Waals surface area contributed by atoms with Crippen LogP contribution in [0.1, 0.15) is 18.5 Å². The Morgan fingerprint density at radius 3 is 3.13 bits per heavy atom. The van der Waals surface area contributed by atoms with Crippen LogP contribution in [0.5, 0.6) is 0 Å². The minimum atomic E-state index is 0.268. The smallest absolute Gasteiger partial charge is 0.139 e. The van der Waals surface area contributed by atoms with Crippen LogP contribution < -0.4 is 0 Å². The van der Waals surface area contributed by atoms with E-state index in [0.29, 0.717) is 18.8 Å². The lowest BCUT2D eigenvalue weighted by atomic mass is 9.99. The third-order valence-electron chi connectivity index (χ3n) is 2.64. The van der Waals surface area contributed by atoms with E-state index < -0.39 is 0 Å². The van der Waals surface area contributed by atoms with Crippen molar-refractivity contribution in [1.29, 1.82) is 0 Å². The van der Waals surface area contributed by atoms with Crippen LogP contribution in [0.3, 0.4) is 0 Å². The van der Waals surface area contributed by atoms with E-state index in [0.717, 1.165) is 25.3 Å². The molecule has 1 atom stereocenters. The third-order valence-corrected chi connectivity index (χ3v) is 2.64. The van der Waals surface area contributed by atoms with Crippen molar-refractivity contribution in [3.8, 4) is 0 Å². The average molecular weight is 205 g/mol. The number of hydrogen-bond donors (Lipinski definition) is 0. The van der Waals surface area contributed by atoms with E-state index >= 15 is 0 Å². The first kappa shape index (κ1) is 10.3. The molecule has 1 fully saturated rings. The molecule has 2 heterocycles. The number of carbonyl (C=O) groups is 1. The number of pyridine rings is 1. The Labute approximate surface area is 89.5 Å². The Balaban J connectivity index is 1.82. The zero-order chi connectivity index (χ0) is 10.5. The van der Waals surface area contributed by atoms with Crippen molar-refractivity contribution in [2.45, 2.75) is 19.3 Å². The Morgan fingerprint density at radius 1 is 1.53 bits per heavy atom. The minimum absolute atomic E-state index is 0.268. The summed E-state index contributed by atoms with van der Waals surface area (Å²) in [6.45, 7) is 1.55. The van der Waals surface area contributed by atoms with Gasteiger partial charge in [-0.2, -0.15) is 0 Å². The van der Waals surface area contributed by atoms with Gasteiger partial charge < -0.3 is 4.74 Å². The molecule has 0 spiro atoms. The molecule has 1 saturated heterocycles. The second-order valence-corrected chi connectivity index (χ2v) is 3.97. The zero-order valence-corrected chi connectivity index (χ0v) is 8.69. The van der Waals surface area contributed by atoms with Crippen LogP contribution >= 0.6 is 0 Å². The highest BCUT2D eigenvalue weighted by Gasteiger charge is 2.19. The van der Waals surface area contributed by atoms with Gasteiger partial charge in [-0.05, 0) is 24.5 Å². The fourth-order valence-electron chi connectivity index (χ4n) is 1.84. The fourth-order valence-corrected chi connectivity index (χ4v) is 1.84. The van der Waals surface area contributed by atoms with Gasteiger partial charge in [0.2, 0.25) is 0 Å².